The highest BCUT2D eigenvalue weighted by molar-refractivity contribution is 5.69. The number of hydrogen-bond acceptors (Lipinski definition) is 5. The molecule has 27 heavy (non-hydrogen) atoms. The van der Waals surface area contributed by atoms with Gasteiger partial charge in [-0.05, 0) is 37.1 Å². The van der Waals surface area contributed by atoms with Crippen LogP contribution in [0.15, 0.2) is 54.6 Å². The molecule has 1 fully saturated rings. The number of hydrogen-bond donors (Lipinski definition) is 1. The molecule has 1 heterocycles. The zero-order valence-corrected chi connectivity index (χ0v) is 15.8. The van der Waals surface area contributed by atoms with E-state index in [1.54, 1.807) is 45.2 Å². The number of carbonyl (C=O) groups excluding carboxylic acids is 1. The van der Waals surface area contributed by atoms with Crippen LogP contribution in [0.25, 0.3) is 0 Å². The molecule has 0 bridgehead atoms. The van der Waals surface area contributed by atoms with Crippen molar-refractivity contribution in [3.63, 3.8) is 0 Å². The molecule has 1 aliphatic heterocycles. The minimum atomic E-state index is -0.901. The Bertz CT molecular complexity index is 760. The van der Waals surface area contributed by atoms with Crippen molar-refractivity contribution in [1.29, 1.82) is 0 Å². The van der Waals surface area contributed by atoms with Gasteiger partial charge in [0.1, 0.15) is 24.2 Å². The average Bonchev–Trinajstić information content (AvgIpc) is 3.01. The summed E-state index contributed by atoms with van der Waals surface area (Å²) in [7, 11) is 1.59. The van der Waals surface area contributed by atoms with Gasteiger partial charge in [-0.1, -0.05) is 42.5 Å². The van der Waals surface area contributed by atoms with Crippen LogP contribution in [0.3, 0.4) is 0 Å². The van der Waals surface area contributed by atoms with Crippen molar-refractivity contribution in [3.8, 4) is 5.75 Å². The first kappa shape index (κ1) is 19.2. The van der Waals surface area contributed by atoms with Gasteiger partial charge in [-0.3, -0.25) is 4.90 Å². The summed E-state index contributed by atoms with van der Waals surface area (Å²) in [5.74, 6) is 0.702. The van der Waals surface area contributed by atoms with Crippen molar-refractivity contribution in [2.75, 3.05) is 13.7 Å². The Morgan fingerprint density at radius 3 is 2.52 bits per heavy atom. The van der Waals surface area contributed by atoms with E-state index in [1.807, 2.05) is 30.3 Å². The summed E-state index contributed by atoms with van der Waals surface area (Å²) in [4.78, 5) is 14.3. The van der Waals surface area contributed by atoms with Gasteiger partial charge < -0.3 is 19.3 Å². The molecule has 6 nitrogen and oxygen atoms in total. The molecule has 2 aromatic rings. The van der Waals surface area contributed by atoms with Gasteiger partial charge >= 0.3 is 6.09 Å². The van der Waals surface area contributed by atoms with Gasteiger partial charge in [0.25, 0.3) is 0 Å². The van der Waals surface area contributed by atoms with Gasteiger partial charge in [0, 0.05) is 0 Å². The van der Waals surface area contributed by atoms with Gasteiger partial charge in [-0.15, -0.1) is 0 Å². The number of rotatable bonds is 5. The number of carbonyl (C=O) groups is 1. The van der Waals surface area contributed by atoms with Gasteiger partial charge in [0.15, 0.2) is 0 Å². The fourth-order valence-corrected chi connectivity index (χ4v) is 3.23. The number of amides is 1. The Morgan fingerprint density at radius 2 is 1.89 bits per heavy atom. The molecule has 6 heteroatoms. The highest BCUT2D eigenvalue weighted by Gasteiger charge is 2.48. The van der Waals surface area contributed by atoms with Crippen molar-refractivity contribution >= 4 is 6.09 Å². The number of methoxy groups -OCH3 is 1. The van der Waals surface area contributed by atoms with E-state index < -0.39 is 24.0 Å². The predicted molar refractivity (Wildman–Crippen MR) is 100 cm³/mol. The number of nitrogens with zero attached hydrogens (tertiary/aromatic N) is 1. The predicted octanol–water partition coefficient (Wildman–Crippen LogP) is 3.50. The topological polar surface area (TPSA) is 68.2 Å². The lowest BCUT2D eigenvalue weighted by molar-refractivity contribution is -0.0543. The van der Waals surface area contributed by atoms with Crippen molar-refractivity contribution in [2.45, 2.75) is 38.3 Å². The molecule has 1 unspecified atom stereocenters. The molecule has 1 saturated heterocycles. The molecule has 1 aliphatic rings. The minimum Gasteiger partial charge on any atom is -0.497 e. The van der Waals surface area contributed by atoms with E-state index in [1.165, 1.54) is 4.90 Å². The molecule has 2 atom stereocenters. The van der Waals surface area contributed by atoms with Crippen LogP contribution in [0.4, 0.5) is 4.79 Å². The molecule has 1 amide bonds. The van der Waals surface area contributed by atoms with Crippen LogP contribution in [-0.4, -0.2) is 41.6 Å². The molecule has 0 spiro atoms. The lowest BCUT2D eigenvalue weighted by Crippen LogP contribution is -2.50. The van der Waals surface area contributed by atoms with Crippen LogP contribution in [-0.2, 0) is 16.1 Å². The highest BCUT2D eigenvalue weighted by atomic mass is 16.6. The quantitative estimate of drug-likeness (QED) is 0.871. The Morgan fingerprint density at radius 1 is 1.22 bits per heavy atom. The first-order valence-electron chi connectivity index (χ1n) is 8.88. The van der Waals surface area contributed by atoms with Crippen molar-refractivity contribution < 1.29 is 24.1 Å². The van der Waals surface area contributed by atoms with Gasteiger partial charge in [0.05, 0.1) is 19.8 Å². The molecular formula is C21H25NO5. The Balaban J connectivity index is 1.74. The van der Waals surface area contributed by atoms with Crippen molar-refractivity contribution in [3.05, 3.63) is 65.7 Å². The average molecular weight is 371 g/mol. The van der Waals surface area contributed by atoms with Crippen molar-refractivity contribution in [1.82, 2.24) is 4.90 Å². The number of aliphatic hydroxyl groups excluding tert-OH is 1. The third-order valence-electron chi connectivity index (χ3n) is 4.74. The largest absolute Gasteiger partial charge is 0.497 e. The molecular weight excluding hydrogens is 346 g/mol. The zero-order chi connectivity index (χ0) is 19.4. The van der Waals surface area contributed by atoms with Gasteiger partial charge in [-0.2, -0.15) is 0 Å². The second kappa shape index (κ2) is 7.98. The maximum Gasteiger partial charge on any atom is 0.412 e. The van der Waals surface area contributed by atoms with E-state index in [2.05, 4.69) is 0 Å². The summed E-state index contributed by atoms with van der Waals surface area (Å²) in [5, 5.41) is 10.9. The van der Waals surface area contributed by atoms with E-state index in [9.17, 15) is 9.90 Å². The van der Waals surface area contributed by atoms with Crippen LogP contribution in [0.5, 0.6) is 5.75 Å². The molecule has 3 rings (SSSR count). The van der Waals surface area contributed by atoms with E-state index in [0.29, 0.717) is 11.3 Å². The third-order valence-corrected chi connectivity index (χ3v) is 4.74. The molecule has 144 valence electrons. The third kappa shape index (κ3) is 4.23. The molecule has 0 saturated carbocycles. The summed E-state index contributed by atoms with van der Waals surface area (Å²) in [5.41, 5.74) is 0.713. The second-order valence-corrected chi connectivity index (χ2v) is 6.95. The van der Waals surface area contributed by atoms with Crippen LogP contribution in [0.1, 0.15) is 31.1 Å². The van der Waals surface area contributed by atoms with E-state index in [4.69, 9.17) is 14.2 Å². The normalized spacial score (nSPS) is 19.6. The maximum absolute atomic E-state index is 12.8. The van der Waals surface area contributed by atoms with Crippen molar-refractivity contribution in [2.24, 2.45) is 0 Å². The summed E-state index contributed by atoms with van der Waals surface area (Å²) in [6.45, 7) is 3.97. The monoisotopic (exact) mass is 371 g/mol. The molecule has 0 aromatic heterocycles. The number of benzene rings is 2. The number of aliphatic hydroxyl groups is 1. The standard InChI is InChI=1S/C21H25NO5/c1-21(2)22(20(24)26-13-15-7-5-4-6-8-15)18(14-27-21)19(23)16-9-11-17(25-3)12-10-16/h4-12,18-19,23H,13-14H2,1-3H3/t18?,19-/m1/s1. The summed E-state index contributed by atoms with van der Waals surface area (Å²) >= 11 is 0. The zero-order valence-electron chi connectivity index (χ0n) is 15.8. The Labute approximate surface area is 159 Å². The molecule has 2 aromatic carbocycles. The summed E-state index contributed by atoms with van der Waals surface area (Å²) in [6, 6.07) is 16.0. The van der Waals surface area contributed by atoms with Crippen LogP contribution < -0.4 is 4.74 Å². The van der Waals surface area contributed by atoms with E-state index in [0.717, 1.165) is 5.56 Å². The summed E-state index contributed by atoms with van der Waals surface area (Å²) in [6.07, 6.45) is -1.42. The SMILES string of the molecule is COc1ccc([C@@H](O)C2COC(C)(C)N2C(=O)OCc2ccccc2)cc1. The van der Waals surface area contributed by atoms with Gasteiger partial charge in [-0.25, -0.2) is 4.79 Å². The Kier molecular flexibility index (Phi) is 5.68. The summed E-state index contributed by atoms with van der Waals surface area (Å²) < 4.78 is 16.4. The lowest BCUT2D eigenvalue weighted by Gasteiger charge is -2.34. The first-order valence-corrected chi connectivity index (χ1v) is 8.88. The maximum atomic E-state index is 12.8. The lowest BCUT2D eigenvalue weighted by atomic mass is 10.0. The Hall–Kier alpha value is -2.57. The minimum absolute atomic E-state index is 0.164. The fourth-order valence-electron chi connectivity index (χ4n) is 3.23. The van der Waals surface area contributed by atoms with Crippen LogP contribution >= 0.6 is 0 Å². The fraction of sp³-hybridized carbons (Fsp3) is 0.381. The second-order valence-electron chi connectivity index (χ2n) is 6.95. The molecule has 0 radical (unpaired) electrons. The number of ether oxygens (including phenoxy) is 3. The highest BCUT2D eigenvalue weighted by Crippen LogP contribution is 2.35. The van der Waals surface area contributed by atoms with Crippen LogP contribution in [0.2, 0.25) is 0 Å². The van der Waals surface area contributed by atoms with Crippen LogP contribution in [0, 0.1) is 0 Å². The van der Waals surface area contributed by atoms with E-state index >= 15 is 0 Å². The first-order chi connectivity index (χ1) is 12.9. The van der Waals surface area contributed by atoms with Gasteiger partial charge in [0.2, 0.25) is 0 Å². The van der Waals surface area contributed by atoms with E-state index in [-0.39, 0.29) is 13.2 Å². The molecule has 0 aliphatic carbocycles. The smallest absolute Gasteiger partial charge is 0.412 e. The molecule has 1 N–H and O–H groups in total.